The molecule has 0 aromatic carbocycles. The van der Waals surface area contributed by atoms with Gasteiger partial charge < -0.3 is 4.57 Å². The molecular formula is C10H14N2OS. The van der Waals surface area contributed by atoms with E-state index in [1.165, 1.54) is 12.8 Å². The molecule has 0 N–H and O–H groups in total. The number of thioether (sulfide) groups is 1. The highest BCUT2D eigenvalue weighted by Crippen LogP contribution is 2.27. The van der Waals surface area contributed by atoms with E-state index in [1.807, 2.05) is 13.2 Å². The summed E-state index contributed by atoms with van der Waals surface area (Å²) in [6.07, 6.45) is 6.93. The molecule has 1 aromatic rings. The Kier molecular flexibility index (Phi) is 2.91. The van der Waals surface area contributed by atoms with Gasteiger partial charge in [0.15, 0.2) is 5.82 Å². The molecule has 1 aliphatic heterocycles. The molecule has 1 saturated heterocycles. The number of Topliss-reactive ketones (excluding diaryl/α,β-unsaturated/α-hetero) is 1. The molecule has 2 rings (SSSR count). The molecule has 14 heavy (non-hydrogen) atoms. The molecule has 3 nitrogen and oxygen atoms in total. The zero-order valence-electron chi connectivity index (χ0n) is 8.27. The van der Waals surface area contributed by atoms with Crippen LogP contribution in [-0.4, -0.2) is 26.3 Å². The summed E-state index contributed by atoms with van der Waals surface area (Å²) < 4.78 is 1.80. The second-order valence-corrected chi connectivity index (χ2v) is 4.89. The van der Waals surface area contributed by atoms with Crippen molar-refractivity contribution in [1.82, 2.24) is 9.55 Å². The van der Waals surface area contributed by atoms with Gasteiger partial charge in [-0.1, -0.05) is 6.42 Å². The predicted octanol–water partition coefficient (Wildman–Crippen LogP) is 1.89. The topological polar surface area (TPSA) is 34.9 Å². The number of ketones is 1. The fraction of sp³-hybridized carbons (Fsp3) is 0.600. The van der Waals surface area contributed by atoms with Crippen LogP contribution in [0.1, 0.15) is 29.9 Å². The van der Waals surface area contributed by atoms with E-state index in [4.69, 9.17) is 0 Å². The fourth-order valence-corrected chi connectivity index (χ4v) is 2.94. The molecule has 2 heterocycles. The molecule has 1 fully saturated rings. The molecule has 76 valence electrons. The zero-order valence-corrected chi connectivity index (χ0v) is 9.09. The number of aryl methyl sites for hydroxylation is 1. The number of carbonyl (C=O) groups excluding carboxylic acids is 1. The number of aromatic nitrogens is 2. The highest BCUT2D eigenvalue weighted by Gasteiger charge is 2.25. The molecule has 1 aromatic heterocycles. The van der Waals surface area contributed by atoms with Crippen molar-refractivity contribution in [3.05, 3.63) is 18.2 Å². The zero-order chi connectivity index (χ0) is 9.97. The first-order chi connectivity index (χ1) is 6.79. The van der Waals surface area contributed by atoms with Crippen LogP contribution in [0.15, 0.2) is 12.4 Å². The van der Waals surface area contributed by atoms with Crippen LogP contribution < -0.4 is 0 Å². The maximum absolute atomic E-state index is 12.0. The lowest BCUT2D eigenvalue weighted by Crippen LogP contribution is -2.23. The van der Waals surface area contributed by atoms with Gasteiger partial charge in [-0.25, -0.2) is 4.98 Å². The van der Waals surface area contributed by atoms with E-state index in [0.717, 1.165) is 12.2 Å². The molecule has 4 heteroatoms. The molecule has 0 aliphatic carbocycles. The predicted molar refractivity (Wildman–Crippen MR) is 57.6 cm³/mol. The van der Waals surface area contributed by atoms with Crippen LogP contribution in [0.25, 0.3) is 0 Å². The third-order valence-corrected chi connectivity index (χ3v) is 3.89. The first-order valence-electron chi connectivity index (χ1n) is 4.92. The van der Waals surface area contributed by atoms with Gasteiger partial charge in [0.1, 0.15) is 0 Å². The maximum atomic E-state index is 12.0. The fourth-order valence-electron chi connectivity index (χ4n) is 1.69. The lowest BCUT2D eigenvalue weighted by molar-refractivity contribution is 0.0972. The van der Waals surface area contributed by atoms with E-state index in [2.05, 4.69) is 4.98 Å². The van der Waals surface area contributed by atoms with E-state index < -0.39 is 0 Å². The number of hydrogen-bond acceptors (Lipinski definition) is 3. The van der Waals surface area contributed by atoms with Crippen molar-refractivity contribution in [2.75, 3.05) is 5.75 Å². The summed E-state index contributed by atoms with van der Waals surface area (Å²) >= 11 is 1.78. The number of hydrogen-bond donors (Lipinski definition) is 0. The van der Waals surface area contributed by atoms with Crippen molar-refractivity contribution in [3.63, 3.8) is 0 Å². The summed E-state index contributed by atoms with van der Waals surface area (Å²) in [5.41, 5.74) is 0. The maximum Gasteiger partial charge on any atom is 0.211 e. The van der Waals surface area contributed by atoms with E-state index in [9.17, 15) is 4.79 Å². The summed E-state index contributed by atoms with van der Waals surface area (Å²) in [5.74, 6) is 1.91. The van der Waals surface area contributed by atoms with Crippen LogP contribution in [0, 0.1) is 0 Å². The van der Waals surface area contributed by atoms with Crippen LogP contribution in [0.5, 0.6) is 0 Å². The first kappa shape index (κ1) is 9.77. The van der Waals surface area contributed by atoms with Crippen molar-refractivity contribution in [1.29, 1.82) is 0 Å². The van der Waals surface area contributed by atoms with Crippen LogP contribution in [0.2, 0.25) is 0 Å². The standard InChI is InChI=1S/C10H14N2OS/c1-12-6-5-11-10(12)9(13)8-4-2-3-7-14-8/h5-6,8H,2-4,7H2,1H3. The molecule has 0 spiro atoms. The third kappa shape index (κ3) is 1.85. The minimum absolute atomic E-state index is 0.143. The first-order valence-corrected chi connectivity index (χ1v) is 5.97. The highest BCUT2D eigenvalue weighted by molar-refractivity contribution is 8.00. The van der Waals surface area contributed by atoms with Gasteiger partial charge in [-0.3, -0.25) is 4.79 Å². The minimum Gasteiger partial charge on any atom is -0.332 e. The largest absolute Gasteiger partial charge is 0.332 e. The van der Waals surface area contributed by atoms with Crippen molar-refractivity contribution in [2.45, 2.75) is 24.5 Å². The van der Waals surface area contributed by atoms with Gasteiger partial charge in [0.25, 0.3) is 0 Å². The normalized spacial score (nSPS) is 22.2. The number of carbonyl (C=O) groups is 1. The smallest absolute Gasteiger partial charge is 0.211 e. The SMILES string of the molecule is Cn1ccnc1C(=O)C1CCCCS1. The van der Waals surface area contributed by atoms with E-state index in [-0.39, 0.29) is 11.0 Å². The summed E-state index contributed by atoms with van der Waals surface area (Å²) in [5, 5.41) is 0.143. The van der Waals surface area contributed by atoms with Gasteiger partial charge in [0.05, 0.1) is 5.25 Å². The third-order valence-electron chi connectivity index (χ3n) is 2.51. The molecular weight excluding hydrogens is 196 g/mol. The van der Waals surface area contributed by atoms with Crippen LogP contribution in [0.4, 0.5) is 0 Å². The molecule has 1 unspecified atom stereocenters. The van der Waals surface area contributed by atoms with E-state index in [1.54, 1.807) is 22.5 Å². The van der Waals surface area contributed by atoms with Crippen molar-refractivity contribution >= 4 is 17.5 Å². The van der Waals surface area contributed by atoms with Crippen LogP contribution >= 0.6 is 11.8 Å². The molecule has 1 atom stereocenters. The Balaban J connectivity index is 2.11. The molecule has 0 amide bonds. The number of nitrogens with zero attached hydrogens (tertiary/aromatic N) is 2. The quantitative estimate of drug-likeness (QED) is 0.699. The van der Waals surface area contributed by atoms with E-state index >= 15 is 0 Å². The lowest BCUT2D eigenvalue weighted by Gasteiger charge is -2.19. The molecule has 1 aliphatic rings. The average molecular weight is 210 g/mol. The van der Waals surface area contributed by atoms with Crippen molar-refractivity contribution in [3.8, 4) is 0 Å². The Labute approximate surface area is 87.9 Å². The Morgan fingerprint density at radius 3 is 3.07 bits per heavy atom. The molecule has 0 saturated carbocycles. The van der Waals surface area contributed by atoms with E-state index in [0.29, 0.717) is 5.82 Å². The monoisotopic (exact) mass is 210 g/mol. The molecule has 0 bridgehead atoms. The average Bonchev–Trinajstić information content (AvgIpc) is 2.65. The minimum atomic E-state index is 0.143. The second-order valence-electron chi connectivity index (χ2n) is 3.58. The Morgan fingerprint density at radius 1 is 1.64 bits per heavy atom. The summed E-state index contributed by atoms with van der Waals surface area (Å²) in [6.45, 7) is 0. The number of imidazole rings is 1. The second kappa shape index (κ2) is 4.17. The van der Waals surface area contributed by atoms with Crippen molar-refractivity contribution in [2.24, 2.45) is 7.05 Å². The summed E-state index contributed by atoms with van der Waals surface area (Å²) in [6, 6.07) is 0. The van der Waals surface area contributed by atoms with Gasteiger partial charge >= 0.3 is 0 Å². The molecule has 0 radical (unpaired) electrons. The van der Waals surface area contributed by atoms with Gasteiger partial charge in [-0.2, -0.15) is 11.8 Å². The summed E-state index contributed by atoms with van der Waals surface area (Å²) in [4.78, 5) is 16.1. The lowest BCUT2D eigenvalue weighted by atomic mass is 10.1. The summed E-state index contributed by atoms with van der Waals surface area (Å²) in [7, 11) is 1.87. The highest BCUT2D eigenvalue weighted by atomic mass is 32.2. The van der Waals surface area contributed by atoms with Crippen LogP contribution in [0.3, 0.4) is 0 Å². The van der Waals surface area contributed by atoms with Crippen LogP contribution in [-0.2, 0) is 7.05 Å². The van der Waals surface area contributed by atoms with Gasteiger partial charge in [-0.15, -0.1) is 0 Å². The Morgan fingerprint density at radius 2 is 2.50 bits per heavy atom. The Hall–Kier alpha value is -0.770. The van der Waals surface area contributed by atoms with Gasteiger partial charge in [0.2, 0.25) is 5.78 Å². The van der Waals surface area contributed by atoms with Gasteiger partial charge in [0, 0.05) is 19.4 Å². The Bertz CT molecular complexity index is 329. The van der Waals surface area contributed by atoms with Gasteiger partial charge in [-0.05, 0) is 18.6 Å². The van der Waals surface area contributed by atoms with Crippen molar-refractivity contribution < 1.29 is 4.79 Å². The number of rotatable bonds is 2.